The molecule has 1 fully saturated rings. The molecule has 1 saturated carbocycles. The molecule has 3 heterocycles. The van der Waals surface area contributed by atoms with Crippen LogP contribution in [0.4, 0.5) is 5.13 Å². The van der Waals surface area contributed by atoms with Crippen LogP contribution in [0, 0.1) is 0 Å². The second-order valence-electron chi connectivity index (χ2n) is 5.64. The quantitative estimate of drug-likeness (QED) is 0.861. The van der Waals surface area contributed by atoms with Gasteiger partial charge in [0.25, 0.3) is 5.56 Å². The van der Waals surface area contributed by atoms with Crippen LogP contribution in [-0.4, -0.2) is 25.5 Å². The van der Waals surface area contributed by atoms with Gasteiger partial charge < -0.3 is 4.90 Å². The molecular formula is C14H17N5OS. The minimum atomic E-state index is 0.109. The minimum Gasteiger partial charge on any atom is -0.341 e. The first-order chi connectivity index (χ1) is 10.3. The SMILES string of the molecule is CCn1cnc2c(c1=O)CCN(c1nc(C3CC3)ns1)C2. The second-order valence-corrected chi connectivity index (χ2v) is 6.37. The molecule has 0 N–H and O–H groups in total. The summed E-state index contributed by atoms with van der Waals surface area (Å²) in [4.78, 5) is 23.6. The summed E-state index contributed by atoms with van der Waals surface area (Å²) in [6, 6.07) is 0. The van der Waals surface area contributed by atoms with Crippen molar-refractivity contribution in [1.29, 1.82) is 0 Å². The topological polar surface area (TPSA) is 63.9 Å². The van der Waals surface area contributed by atoms with Crippen molar-refractivity contribution in [2.45, 2.75) is 45.2 Å². The van der Waals surface area contributed by atoms with Gasteiger partial charge in [0.05, 0.1) is 18.6 Å². The molecule has 1 aliphatic carbocycles. The molecule has 2 aromatic rings. The maximum Gasteiger partial charge on any atom is 0.256 e. The van der Waals surface area contributed by atoms with E-state index in [1.807, 2.05) is 6.92 Å². The number of nitrogens with zero attached hydrogens (tertiary/aromatic N) is 5. The Morgan fingerprint density at radius 1 is 1.43 bits per heavy atom. The predicted octanol–water partition coefficient (Wildman–Crippen LogP) is 1.55. The molecule has 0 spiro atoms. The van der Waals surface area contributed by atoms with E-state index in [0.717, 1.165) is 35.2 Å². The highest BCUT2D eigenvalue weighted by Gasteiger charge is 2.29. The van der Waals surface area contributed by atoms with E-state index >= 15 is 0 Å². The summed E-state index contributed by atoms with van der Waals surface area (Å²) >= 11 is 1.46. The normalized spacial score (nSPS) is 17.9. The van der Waals surface area contributed by atoms with E-state index in [1.54, 1.807) is 10.9 Å². The van der Waals surface area contributed by atoms with Crippen LogP contribution in [0.3, 0.4) is 0 Å². The maximum absolute atomic E-state index is 12.3. The molecule has 0 aromatic carbocycles. The van der Waals surface area contributed by atoms with Crippen molar-refractivity contribution in [3.8, 4) is 0 Å². The zero-order valence-electron chi connectivity index (χ0n) is 11.9. The highest BCUT2D eigenvalue weighted by Crippen LogP contribution is 2.40. The highest BCUT2D eigenvalue weighted by molar-refractivity contribution is 7.09. The van der Waals surface area contributed by atoms with Crippen molar-refractivity contribution >= 4 is 16.7 Å². The van der Waals surface area contributed by atoms with Crippen LogP contribution in [0.25, 0.3) is 0 Å². The van der Waals surface area contributed by atoms with Crippen LogP contribution in [-0.2, 0) is 19.5 Å². The third-order valence-electron chi connectivity index (χ3n) is 4.18. The predicted molar refractivity (Wildman–Crippen MR) is 80.8 cm³/mol. The first-order valence-corrected chi connectivity index (χ1v) is 8.19. The van der Waals surface area contributed by atoms with E-state index in [1.165, 1.54) is 24.4 Å². The highest BCUT2D eigenvalue weighted by atomic mass is 32.1. The van der Waals surface area contributed by atoms with Crippen molar-refractivity contribution < 1.29 is 0 Å². The zero-order valence-corrected chi connectivity index (χ0v) is 12.8. The lowest BCUT2D eigenvalue weighted by Crippen LogP contribution is -2.37. The molecule has 0 bridgehead atoms. The van der Waals surface area contributed by atoms with Gasteiger partial charge in [-0.25, -0.2) is 9.97 Å². The van der Waals surface area contributed by atoms with Crippen molar-refractivity contribution in [2.75, 3.05) is 11.4 Å². The molecule has 110 valence electrons. The van der Waals surface area contributed by atoms with Crippen LogP contribution in [0.5, 0.6) is 0 Å². The molecule has 0 amide bonds. The van der Waals surface area contributed by atoms with E-state index in [-0.39, 0.29) is 5.56 Å². The Morgan fingerprint density at radius 3 is 3.05 bits per heavy atom. The number of rotatable bonds is 3. The lowest BCUT2D eigenvalue weighted by molar-refractivity contribution is 0.636. The molecule has 2 aliphatic rings. The van der Waals surface area contributed by atoms with Crippen LogP contribution < -0.4 is 10.5 Å². The lowest BCUT2D eigenvalue weighted by atomic mass is 10.1. The molecule has 6 nitrogen and oxygen atoms in total. The summed E-state index contributed by atoms with van der Waals surface area (Å²) in [5, 5.41) is 0.962. The van der Waals surface area contributed by atoms with Gasteiger partial charge in [-0.3, -0.25) is 9.36 Å². The summed E-state index contributed by atoms with van der Waals surface area (Å²) in [6.45, 7) is 4.11. The summed E-state index contributed by atoms with van der Waals surface area (Å²) in [5.74, 6) is 1.58. The Morgan fingerprint density at radius 2 is 2.29 bits per heavy atom. The van der Waals surface area contributed by atoms with Gasteiger partial charge in [0, 0.05) is 36.1 Å². The Kier molecular flexibility index (Phi) is 3.02. The molecule has 0 saturated heterocycles. The smallest absolute Gasteiger partial charge is 0.256 e. The van der Waals surface area contributed by atoms with Crippen LogP contribution in [0.15, 0.2) is 11.1 Å². The van der Waals surface area contributed by atoms with Crippen molar-refractivity contribution in [3.05, 3.63) is 33.8 Å². The molecule has 7 heteroatoms. The number of aromatic nitrogens is 4. The molecule has 21 heavy (non-hydrogen) atoms. The van der Waals surface area contributed by atoms with Crippen LogP contribution in [0.1, 0.15) is 42.8 Å². The van der Waals surface area contributed by atoms with Gasteiger partial charge in [0.2, 0.25) is 5.13 Å². The zero-order chi connectivity index (χ0) is 14.4. The van der Waals surface area contributed by atoms with Crippen LogP contribution >= 0.6 is 11.5 Å². The molecule has 0 radical (unpaired) electrons. The monoisotopic (exact) mass is 303 g/mol. The Hall–Kier alpha value is -1.76. The van der Waals surface area contributed by atoms with Gasteiger partial charge in [-0.2, -0.15) is 4.37 Å². The standard InChI is InChI=1S/C14H17N5OS/c1-2-18-8-15-11-7-19(6-5-10(11)13(18)20)14-16-12(17-21-14)9-3-4-9/h8-9H,2-7H2,1H3. The number of hydrogen-bond donors (Lipinski definition) is 0. The van der Waals surface area contributed by atoms with Gasteiger partial charge in [-0.15, -0.1) is 0 Å². The average Bonchev–Trinajstić information content (AvgIpc) is 3.25. The maximum atomic E-state index is 12.3. The molecular weight excluding hydrogens is 286 g/mol. The molecule has 1 aliphatic heterocycles. The van der Waals surface area contributed by atoms with Crippen molar-refractivity contribution in [3.63, 3.8) is 0 Å². The largest absolute Gasteiger partial charge is 0.341 e. The fourth-order valence-corrected chi connectivity index (χ4v) is 3.48. The van der Waals surface area contributed by atoms with E-state index in [0.29, 0.717) is 19.0 Å². The van der Waals surface area contributed by atoms with Crippen molar-refractivity contribution in [1.82, 2.24) is 18.9 Å². The molecule has 0 unspecified atom stereocenters. The number of hydrogen-bond acceptors (Lipinski definition) is 6. The van der Waals surface area contributed by atoms with Crippen LogP contribution in [0.2, 0.25) is 0 Å². The number of aryl methyl sites for hydroxylation is 1. The summed E-state index contributed by atoms with van der Waals surface area (Å²) in [7, 11) is 0. The van der Waals surface area contributed by atoms with Gasteiger partial charge in [-0.05, 0) is 26.2 Å². The summed E-state index contributed by atoms with van der Waals surface area (Å²) < 4.78 is 6.13. The van der Waals surface area contributed by atoms with E-state index in [9.17, 15) is 4.79 Å². The fraction of sp³-hybridized carbons (Fsp3) is 0.571. The molecule has 4 rings (SSSR count). The van der Waals surface area contributed by atoms with Gasteiger partial charge in [0.15, 0.2) is 0 Å². The Bertz CT molecular complexity index is 733. The van der Waals surface area contributed by atoms with E-state index in [4.69, 9.17) is 0 Å². The number of fused-ring (bicyclic) bond motifs is 1. The number of anilines is 1. The van der Waals surface area contributed by atoms with Gasteiger partial charge in [0.1, 0.15) is 5.82 Å². The first-order valence-electron chi connectivity index (χ1n) is 7.42. The Labute approximate surface area is 126 Å². The Balaban J connectivity index is 1.61. The third kappa shape index (κ3) is 2.25. The summed E-state index contributed by atoms with van der Waals surface area (Å²) in [6.07, 6.45) is 4.83. The van der Waals surface area contributed by atoms with Gasteiger partial charge in [-0.1, -0.05) is 0 Å². The molecule has 2 aromatic heterocycles. The van der Waals surface area contributed by atoms with Gasteiger partial charge >= 0.3 is 0 Å². The van der Waals surface area contributed by atoms with E-state index in [2.05, 4.69) is 19.2 Å². The summed E-state index contributed by atoms with van der Waals surface area (Å²) in [5.41, 5.74) is 1.86. The minimum absolute atomic E-state index is 0.109. The lowest BCUT2D eigenvalue weighted by Gasteiger charge is -2.27. The average molecular weight is 303 g/mol. The first kappa shape index (κ1) is 12.9. The second kappa shape index (κ2) is 4.91. The van der Waals surface area contributed by atoms with E-state index < -0.39 is 0 Å². The van der Waals surface area contributed by atoms with Crippen molar-refractivity contribution in [2.24, 2.45) is 0 Å². The fourth-order valence-electron chi connectivity index (χ4n) is 2.71. The third-order valence-corrected chi connectivity index (χ3v) is 4.97. The molecule has 0 atom stereocenters.